The van der Waals surface area contributed by atoms with Gasteiger partial charge >= 0.3 is 0 Å². The molecule has 0 radical (unpaired) electrons. The molecule has 0 aromatic heterocycles. The highest BCUT2D eigenvalue weighted by molar-refractivity contribution is 4.90. The second kappa shape index (κ2) is 8.92. The van der Waals surface area contributed by atoms with Gasteiger partial charge in [-0.2, -0.15) is 0 Å². The molecule has 1 fully saturated rings. The molecule has 2 atom stereocenters. The molecule has 1 aliphatic carbocycles. The van der Waals surface area contributed by atoms with Crippen LogP contribution in [-0.4, -0.2) is 18.8 Å². The topological polar surface area (TPSA) is 35.2 Å². The SMILES string of the molecule is CCCCCCCCCOC1(CN)CCC(C)C1. The van der Waals surface area contributed by atoms with E-state index in [9.17, 15) is 0 Å². The van der Waals surface area contributed by atoms with Crippen molar-refractivity contribution in [2.45, 2.75) is 83.7 Å². The van der Waals surface area contributed by atoms with Crippen molar-refractivity contribution in [2.75, 3.05) is 13.2 Å². The molecule has 0 amide bonds. The van der Waals surface area contributed by atoms with Crippen molar-refractivity contribution in [3.63, 3.8) is 0 Å². The zero-order valence-electron chi connectivity index (χ0n) is 12.5. The summed E-state index contributed by atoms with van der Waals surface area (Å²) in [6.07, 6.45) is 13.0. The lowest BCUT2D eigenvalue weighted by atomic mass is 10.0. The molecule has 0 aromatic rings. The van der Waals surface area contributed by atoms with Gasteiger partial charge in [0.05, 0.1) is 5.60 Å². The van der Waals surface area contributed by atoms with Crippen molar-refractivity contribution < 1.29 is 4.74 Å². The molecule has 0 aromatic carbocycles. The predicted molar refractivity (Wildman–Crippen MR) is 78.7 cm³/mol. The molecule has 0 spiro atoms. The van der Waals surface area contributed by atoms with E-state index in [-0.39, 0.29) is 5.60 Å². The zero-order chi connectivity index (χ0) is 13.3. The summed E-state index contributed by atoms with van der Waals surface area (Å²) >= 11 is 0. The third-order valence-corrected chi connectivity index (χ3v) is 4.34. The van der Waals surface area contributed by atoms with E-state index in [0.29, 0.717) is 6.54 Å². The highest BCUT2D eigenvalue weighted by Gasteiger charge is 2.36. The van der Waals surface area contributed by atoms with Crippen LogP contribution in [0.4, 0.5) is 0 Å². The van der Waals surface area contributed by atoms with Crippen LogP contribution in [0.2, 0.25) is 0 Å². The Morgan fingerprint density at radius 3 is 2.33 bits per heavy atom. The summed E-state index contributed by atoms with van der Waals surface area (Å²) in [6, 6.07) is 0. The monoisotopic (exact) mass is 255 g/mol. The van der Waals surface area contributed by atoms with Crippen LogP contribution in [0.25, 0.3) is 0 Å². The number of hydrogen-bond donors (Lipinski definition) is 1. The Morgan fingerprint density at radius 1 is 1.11 bits per heavy atom. The van der Waals surface area contributed by atoms with Gasteiger partial charge in [-0.05, 0) is 31.6 Å². The van der Waals surface area contributed by atoms with Gasteiger partial charge in [0.1, 0.15) is 0 Å². The Balaban J connectivity index is 1.99. The van der Waals surface area contributed by atoms with E-state index in [0.717, 1.165) is 12.5 Å². The molecule has 18 heavy (non-hydrogen) atoms. The van der Waals surface area contributed by atoms with Crippen LogP contribution in [0, 0.1) is 5.92 Å². The highest BCUT2D eigenvalue weighted by Crippen LogP contribution is 2.36. The maximum absolute atomic E-state index is 6.11. The fourth-order valence-corrected chi connectivity index (χ4v) is 3.07. The minimum atomic E-state index is 0.0294. The quantitative estimate of drug-likeness (QED) is 0.592. The van der Waals surface area contributed by atoms with Crippen LogP contribution in [0.1, 0.15) is 78.1 Å². The van der Waals surface area contributed by atoms with Crippen LogP contribution in [0.15, 0.2) is 0 Å². The summed E-state index contributed by atoms with van der Waals surface area (Å²) in [7, 11) is 0. The van der Waals surface area contributed by atoms with Crippen molar-refractivity contribution in [3.8, 4) is 0 Å². The number of nitrogens with two attached hydrogens (primary N) is 1. The van der Waals surface area contributed by atoms with Gasteiger partial charge in [-0.3, -0.25) is 0 Å². The molecule has 0 heterocycles. The highest BCUT2D eigenvalue weighted by atomic mass is 16.5. The molecule has 0 aliphatic heterocycles. The van der Waals surface area contributed by atoms with Gasteiger partial charge in [0.15, 0.2) is 0 Å². The van der Waals surface area contributed by atoms with Crippen LogP contribution >= 0.6 is 0 Å². The van der Waals surface area contributed by atoms with Gasteiger partial charge in [-0.15, -0.1) is 0 Å². The fourth-order valence-electron chi connectivity index (χ4n) is 3.07. The van der Waals surface area contributed by atoms with Crippen molar-refractivity contribution in [1.82, 2.24) is 0 Å². The van der Waals surface area contributed by atoms with Crippen LogP contribution < -0.4 is 5.73 Å². The predicted octanol–water partition coefficient (Wildman–Crippen LogP) is 4.27. The smallest absolute Gasteiger partial charge is 0.0806 e. The lowest BCUT2D eigenvalue weighted by molar-refractivity contribution is -0.0374. The Hall–Kier alpha value is -0.0800. The van der Waals surface area contributed by atoms with E-state index < -0.39 is 0 Å². The van der Waals surface area contributed by atoms with Crippen molar-refractivity contribution >= 4 is 0 Å². The first kappa shape index (κ1) is 16.0. The van der Waals surface area contributed by atoms with Crippen LogP contribution in [0.5, 0.6) is 0 Å². The standard InChI is InChI=1S/C16H33NO/c1-3-4-5-6-7-8-9-12-18-16(14-17)11-10-15(2)13-16/h15H,3-14,17H2,1-2H3. The van der Waals surface area contributed by atoms with E-state index in [1.165, 1.54) is 64.2 Å². The maximum atomic E-state index is 6.11. The number of rotatable bonds is 10. The Bertz CT molecular complexity index is 207. The van der Waals surface area contributed by atoms with Gasteiger partial charge in [0, 0.05) is 13.2 Å². The maximum Gasteiger partial charge on any atom is 0.0806 e. The summed E-state index contributed by atoms with van der Waals surface area (Å²) in [6.45, 7) is 6.20. The van der Waals surface area contributed by atoms with E-state index in [4.69, 9.17) is 10.5 Å². The molecule has 2 N–H and O–H groups in total. The Labute approximate surface area is 114 Å². The average Bonchev–Trinajstić information content (AvgIpc) is 2.75. The lowest BCUT2D eigenvalue weighted by Gasteiger charge is -2.28. The van der Waals surface area contributed by atoms with Gasteiger partial charge in [-0.1, -0.05) is 52.4 Å². The average molecular weight is 255 g/mol. The minimum absolute atomic E-state index is 0.0294. The van der Waals surface area contributed by atoms with Gasteiger partial charge in [-0.25, -0.2) is 0 Å². The van der Waals surface area contributed by atoms with E-state index in [1.807, 2.05) is 0 Å². The number of unbranched alkanes of at least 4 members (excludes halogenated alkanes) is 6. The number of hydrogen-bond acceptors (Lipinski definition) is 2. The molecule has 0 saturated heterocycles. The second-order valence-electron chi connectivity index (χ2n) is 6.20. The molecule has 2 nitrogen and oxygen atoms in total. The molecule has 108 valence electrons. The van der Waals surface area contributed by atoms with E-state index in [1.54, 1.807) is 0 Å². The Morgan fingerprint density at radius 2 is 1.78 bits per heavy atom. The zero-order valence-corrected chi connectivity index (χ0v) is 12.5. The molecule has 2 unspecified atom stereocenters. The third kappa shape index (κ3) is 5.71. The first-order valence-electron chi connectivity index (χ1n) is 8.06. The first-order valence-corrected chi connectivity index (χ1v) is 8.06. The van der Waals surface area contributed by atoms with Crippen LogP contribution in [0.3, 0.4) is 0 Å². The molecule has 1 aliphatic rings. The summed E-state index contributed by atoms with van der Waals surface area (Å²) in [5.74, 6) is 0.794. The molecule has 2 heteroatoms. The van der Waals surface area contributed by atoms with E-state index in [2.05, 4.69) is 13.8 Å². The van der Waals surface area contributed by atoms with Gasteiger partial charge < -0.3 is 10.5 Å². The van der Waals surface area contributed by atoms with Crippen molar-refractivity contribution in [1.29, 1.82) is 0 Å². The van der Waals surface area contributed by atoms with E-state index >= 15 is 0 Å². The largest absolute Gasteiger partial charge is 0.374 e. The second-order valence-corrected chi connectivity index (χ2v) is 6.20. The molecule has 1 saturated carbocycles. The third-order valence-electron chi connectivity index (χ3n) is 4.34. The number of ether oxygens (including phenoxy) is 1. The van der Waals surface area contributed by atoms with Crippen molar-refractivity contribution in [3.05, 3.63) is 0 Å². The van der Waals surface area contributed by atoms with Crippen LogP contribution in [-0.2, 0) is 4.74 Å². The summed E-state index contributed by atoms with van der Waals surface area (Å²) in [5.41, 5.74) is 5.93. The minimum Gasteiger partial charge on any atom is -0.374 e. The van der Waals surface area contributed by atoms with Crippen molar-refractivity contribution in [2.24, 2.45) is 11.7 Å². The summed E-state index contributed by atoms with van der Waals surface area (Å²) in [4.78, 5) is 0. The molecular weight excluding hydrogens is 222 g/mol. The van der Waals surface area contributed by atoms with Gasteiger partial charge in [0.2, 0.25) is 0 Å². The summed E-state index contributed by atoms with van der Waals surface area (Å²) in [5, 5.41) is 0. The first-order chi connectivity index (χ1) is 8.72. The normalized spacial score (nSPS) is 27.8. The molecule has 1 rings (SSSR count). The Kier molecular flexibility index (Phi) is 7.92. The fraction of sp³-hybridized carbons (Fsp3) is 1.00. The molecule has 0 bridgehead atoms. The summed E-state index contributed by atoms with van der Waals surface area (Å²) < 4.78 is 6.11. The van der Waals surface area contributed by atoms with Gasteiger partial charge in [0.25, 0.3) is 0 Å². The lowest BCUT2D eigenvalue weighted by Crippen LogP contribution is -2.38. The molecular formula is C16H33NO.